The molecule has 190 valence electrons. The molecule has 8 heteroatoms. The highest BCUT2D eigenvalue weighted by molar-refractivity contribution is 6.32. The second-order valence-corrected chi connectivity index (χ2v) is 11.6. The summed E-state index contributed by atoms with van der Waals surface area (Å²) in [4.78, 5) is 16.9. The van der Waals surface area contributed by atoms with Crippen LogP contribution in [0, 0.1) is 16.7 Å². The Bertz CT molecular complexity index is 1200. The Labute approximate surface area is 223 Å². The average Bonchev–Trinajstić information content (AvgIpc) is 3.16. The quantitative estimate of drug-likeness (QED) is 0.221. The minimum atomic E-state index is -0.559. The first-order chi connectivity index (χ1) is 17.2. The maximum Gasteiger partial charge on any atom is 0.258 e. The molecule has 36 heavy (non-hydrogen) atoms. The molecule has 6 nitrogen and oxygen atoms in total. The van der Waals surface area contributed by atoms with E-state index in [1.54, 1.807) is 11.9 Å². The molecule has 2 fully saturated rings. The number of nitrogens with one attached hydrogen (secondary N) is 3. The van der Waals surface area contributed by atoms with Gasteiger partial charge in [-0.2, -0.15) is 0 Å². The fourth-order valence-corrected chi connectivity index (χ4v) is 6.45. The summed E-state index contributed by atoms with van der Waals surface area (Å²) in [5.41, 5.74) is 3.72. The van der Waals surface area contributed by atoms with Crippen LogP contribution in [0.15, 0.2) is 36.4 Å². The zero-order chi connectivity index (χ0) is 25.6. The Morgan fingerprint density at radius 1 is 1.31 bits per heavy atom. The molecule has 2 aromatic carbocycles. The highest BCUT2D eigenvalue weighted by Crippen LogP contribution is 2.49. The van der Waals surface area contributed by atoms with Crippen LogP contribution in [0.5, 0.6) is 0 Å². The number of likely N-dealkylation sites (N-methyl/N-ethyl adjacent to an activating group) is 1. The lowest BCUT2D eigenvalue weighted by atomic mass is 9.63. The third-order valence-electron chi connectivity index (χ3n) is 8.30. The number of fused-ring (bicyclic) bond motifs is 1. The molecule has 0 saturated heterocycles. The molecule has 0 aromatic heterocycles. The molecule has 2 aromatic rings. The van der Waals surface area contributed by atoms with Gasteiger partial charge in [0, 0.05) is 40.3 Å². The molecule has 1 aliphatic heterocycles. The van der Waals surface area contributed by atoms with E-state index in [4.69, 9.17) is 34.0 Å². The smallest absolute Gasteiger partial charge is 0.258 e. The second kappa shape index (κ2) is 9.81. The number of benzene rings is 2. The largest absolute Gasteiger partial charge is 0.324 e. The predicted octanol–water partition coefficient (Wildman–Crippen LogP) is 6.11. The van der Waals surface area contributed by atoms with Gasteiger partial charge in [0.25, 0.3) is 5.91 Å². The Hall–Kier alpha value is -2.41. The van der Waals surface area contributed by atoms with Crippen molar-refractivity contribution in [1.82, 2.24) is 10.2 Å². The number of nitrogens with zero attached hydrogens (tertiary/aromatic N) is 2. The first kappa shape index (κ1) is 25.2. The lowest BCUT2D eigenvalue weighted by Gasteiger charge is -2.47. The summed E-state index contributed by atoms with van der Waals surface area (Å²) >= 11 is 13.1. The molecule has 3 N–H and O–H groups in total. The molecule has 0 unspecified atom stereocenters. The van der Waals surface area contributed by atoms with E-state index in [2.05, 4.69) is 12.2 Å². The van der Waals surface area contributed by atoms with Crippen LogP contribution in [-0.2, 0) is 12.0 Å². The first-order valence-corrected chi connectivity index (χ1v) is 13.5. The van der Waals surface area contributed by atoms with Gasteiger partial charge in [-0.1, -0.05) is 30.2 Å². The van der Waals surface area contributed by atoms with E-state index in [-0.39, 0.29) is 17.3 Å². The lowest BCUT2D eigenvalue weighted by Crippen LogP contribution is -2.53. The van der Waals surface area contributed by atoms with E-state index in [1.807, 2.05) is 36.4 Å². The van der Waals surface area contributed by atoms with Gasteiger partial charge in [0.05, 0.1) is 18.3 Å². The van der Waals surface area contributed by atoms with Crippen LogP contribution < -0.4 is 10.2 Å². The van der Waals surface area contributed by atoms with Crippen LogP contribution in [0.3, 0.4) is 0 Å². The number of carbonyl (C=O) groups excluding carboxylic acids is 1. The maximum atomic E-state index is 13.6. The van der Waals surface area contributed by atoms with Gasteiger partial charge >= 0.3 is 0 Å². The molecule has 2 aliphatic carbocycles. The van der Waals surface area contributed by atoms with Crippen molar-refractivity contribution in [3.63, 3.8) is 0 Å². The van der Waals surface area contributed by atoms with Gasteiger partial charge in [-0.25, -0.2) is 0 Å². The van der Waals surface area contributed by atoms with Crippen molar-refractivity contribution in [3.05, 3.63) is 63.7 Å². The summed E-state index contributed by atoms with van der Waals surface area (Å²) in [5.74, 6) is 1.05. The fourth-order valence-electron chi connectivity index (χ4n) is 5.64. The molecular weight excluding hydrogens is 493 g/mol. The van der Waals surface area contributed by atoms with Crippen molar-refractivity contribution >= 4 is 47.0 Å². The van der Waals surface area contributed by atoms with Crippen molar-refractivity contribution in [2.75, 3.05) is 18.5 Å². The minimum absolute atomic E-state index is 0.0112. The van der Waals surface area contributed by atoms with Crippen molar-refractivity contribution < 1.29 is 4.79 Å². The average molecular weight is 527 g/mol. The van der Waals surface area contributed by atoms with Gasteiger partial charge in [0.1, 0.15) is 5.84 Å². The lowest BCUT2D eigenvalue weighted by molar-refractivity contribution is 0.0996. The molecule has 0 spiro atoms. The summed E-state index contributed by atoms with van der Waals surface area (Å²) in [6.45, 7) is 3.54. The van der Waals surface area contributed by atoms with Crippen molar-refractivity contribution in [1.29, 1.82) is 10.8 Å². The molecule has 5 rings (SSSR count). The van der Waals surface area contributed by atoms with Crippen LogP contribution >= 0.6 is 23.2 Å². The van der Waals surface area contributed by atoms with Gasteiger partial charge in [-0.05, 0) is 80.5 Å². The third kappa shape index (κ3) is 4.33. The van der Waals surface area contributed by atoms with Crippen LogP contribution in [0.25, 0.3) is 0 Å². The molecule has 0 bridgehead atoms. The fraction of sp³-hybridized carbons (Fsp3) is 0.464. The van der Waals surface area contributed by atoms with E-state index in [9.17, 15) is 4.79 Å². The molecular formula is C28H33Cl2N5O. The second-order valence-electron chi connectivity index (χ2n) is 10.6. The Morgan fingerprint density at radius 3 is 2.69 bits per heavy atom. The van der Waals surface area contributed by atoms with Gasteiger partial charge in [-0.3, -0.25) is 15.6 Å². The van der Waals surface area contributed by atoms with Gasteiger partial charge < -0.3 is 15.1 Å². The normalized spacial score (nSPS) is 24.1. The summed E-state index contributed by atoms with van der Waals surface area (Å²) in [5, 5.41) is 20.6. The van der Waals surface area contributed by atoms with Gasteiger partial charge in [-0.15, -0.1) is 11.6 Å². The van der Waals surface area contributed by atoms with Gasteiger partial charge in [0.2, 0.25) is 0 Å². The van der Waals surface area contributed by atoms with Crippen molar-refractivity contribution in [3.8, 4) is 0 Å². The zero-order valence-corrected chi connectivity index (χ0v) is 22.3. The highest BCUT2D eigenvalue weighted by Gasteiger charge is 2.49. The number of amidine groups is 1. The molecule has 1 heterocycles. The van der Waals surface area contributed by atoms with Crippen molar-refractivity contribution in [2.24, 2.45) is 5.92 Å². The van der Waals surface area contributed by atoms with E-state index in [0.717, 1.165) is 41.2 Å². The zero-order valence-electron chi connectivity index (χ0n) is 20.8. The standard InChI is InChI=1S/C28H33Cl2N5O/c1-17(33-14-18-5-3-6-18)19-9-23-24(25(30)10-19)15-35(26(23)36)22-8-4-7-20(11-22)28(12-21(29)13-28)27(32)34(2)16-31/h4,7-11,16-18,21,31-33H,3,5-6,12-15H2,1-2H3/t17-,21?,28?/m0/s1. The van der Waals surface area contributed by atoms with E-state index >= 15 is 0 Å². The summed E-state index contributed by atoms with van der Waals surface area (Å²) in [6.07, 6.45) is 6.32. The monoisotopic (exact) mass is 525 g/mol. The highest BCUT2D eigenvalue weighted by atomic mass is 35.5. The molecule has 1 amide bonds. The van der Waals surface area contributed by atoms with E-state index < -0.39 is 5.41 Å². The number of amides is 1. The van der Waals surface area contributed by atoms with E-state index in [0.29, 0.717) is 35.8 Å². The Kier molecular flexibility index (Phi) is 6.88. The Morgan fingerprint density at radius 2 is 2.06 bits per heavy atom. The van der Waals surface area contributed by atoms with Crippen LogP contribution in [0.1, 0.15) is 72.1 Å². The number of halogens is 2. The number of alkyl halides is 1. The first-order valence-electron chi connectivity index (χ1n) is 12.7. The van der Waals surface area contributed by atoms with Crippen LogP contribution in [-0.4, -0.2) is 42.0 Å². The number of anilines is 1. The SMILES string of the molecule is C[C@H](NCC1CCC1)c1cc(Cl)c2c(c1)C(=O)N(c1cccc(C3(C(=N)N(C)C=N)CC(Cl)C3)c1)C2. The number of rotatable bonds is 8. The van der Waals surface area contributed by atoms with Crippen LogP contribution in [0.4, 0.5) is 5.69 Å². The maximum absolute atomic E-state index is 13.6. The summed E-state index contributed by atoms with van der Waals surface area (Å²) < 4.78 is 0. The molecule has 3 aliphatic rings. The molecule has 1 atom stereocenters. The third-order valence-corrected chi connectivity index (χ3v) is 8.94. The minimum Gasteiger partial charge on any atom is -0.324 e. The molecule has 2 saturated carbocycles. The number of hydrogen-bond donors (Lipinski definition) is 3. The summed E-state index contributed by atoms with van der Waals surface area (Å²) in [6, 6.07) is 12.0. The number of carbonyl (C=O) groups is 1. The van der Waals surface area contributed by atoms with E-state index in [1.165, 1.54) is 24.2 Å². The molecule has 0 radical (unpaired) electrons. The Balaban J connectivity index is 1.40. The summed E-state index contributed by atoms with van der Waals surface area (Å²) in [7, 11) is 1.71. The van der Waals surface area contributed by atoms with Gasteiger partial charge in [0.15, 0.2) is 0 Å². The topological polar surface area (TPSA) is 83.3 Å². The van der Waals surface area contributed by atoms with Crippen LogP contribution in [0.2, 0.25) is 5.02 Å². The predicted molar refractivity (Wildman–Crippen MR) is 147 cm³/mol. The number of hydrogen-bond acceptors (Lipinski definition) is 4. The van der Waals surface area contributed by atoms with Crippen molar-refractivity contribution in [2.45, 2.75) is 62.4 Å².